The molecule has 2 heterocycles. The van der Waals surface area contributed by atoms with Crippen LogP contribution in [0.5, 0.6) is 0 Å². The van der Waals surface area contributed by atoms with Crippen molar-refractivity contribution in [3.63, 3.8) is 0 Å². The van der Waals surface area contributed by atoms with E-state index in [4.69, 9.17) is 5.73 Å². The summed E-state index contributed by atoms with van der Waals surface area (Å²) in [6.45, 7) is 11.7. The number of fused-ring (bicyclic) bond motifs is 1. The lowest BCUT2D eigenvalue weighted by Crippen LogP contribution is -2.56. The molecule has 0 aromatic rings. The van der Waals surface area contributed by atoms with Crippen molar-refractivity contribution in [2.24, 2.45) is 11.1 Å². The summed E-state index contributed by atoms with van der Waals surface area (Å²) in [7, 11) is 0. The number of rotatable bonds is 4. The molecule has 2 unspecified atom stereocenters. The van der Waals surface area contributed by atoms with Crippen LogP contribution in [0.25, 0.3) is 0 Å². The Morgan fingerprint density at radius 3 is 2.76 bits per heavy atom. The molecule has 3 nitrogen and oxygen atoms in total. The van der Waals surface area contributed by atoms with E-state index in [1.165, 1.54) is 58.4 Å². The first-order valence-corrected chi connectivity index (χ1v) is 7.33. The minimum Gasteiger partial charge on any atom is -0.330 e. The topological polar surface area (TPSA) is 32.5 Å². The van der Waals surface area contributed by atoms with E-state index in [9.17, 15) is 0 Å². The molecule has 0 spiro atoms. The maximum absolute atomic E-state index is 5.93. The zero-order valence-electron chi connectivity index (χ0n) is 11.6. The molecule has 0 aromatic heterocycles. The van der Waals surface area contributed by atoms with Gasteiger partial charge in [-0.1, -0.05) is 20.3 Å². The molecular formula is C14H29N3. The average Bonchev–Trinajstić information content (AvgIpc) is 2.38. The van der Waals surface area contributed by atoms with E-state index in [2.05, 4.69) is 23.6 Å². The van der Waals surface area contributed by atoms with Crippen molar-refractivity contribution < 1.29 is 0 Å². The Bertz CT molecular complexity index is 238. The SMILES string of the molecule is CCC(C)(CN)CN1CCN2CCCCC2C1. The van der Waals surface area contributed by atoms with E-state index in [0.29, 0.717) is 5.41 Å². The highest BCUT2D eigenvalue weighted by Gasteiger charge is 2.32. The van der Waals surface area contributed by atoms with Gasteiger partial charge in [-0.15, -0.1) is 0 Å². The summed E-state index contributed by atoms with van der Waals surface area (Å²) < 4.78 is 0. The molecule has 0 aliphatic carbocycles. The van der Waals surface area contributed by atoms with E-state index in [-0.39, 0.29) is 0 Å². The molecule has 0 aromatic carbocycles. The predicted molar refractivity (Wildman–Crippen MR) is 73.1 cm³/mol. The largest absolute Gasteiger partial charge is 0.330 e. The van der Waals surface area contributed by atoms with E-state index >= 15 is 0 Å². The fraction of sp³-hybridized carbons (Fsp3) is 1.00. The molecule has 2 rings (SSSR count). The van der Waals surface area contributed by atoms with Crippen molar-refractivity contribution >= 4 is 0 Å². The van der Waals surface area contributed by atoms with Crippen LogP contribution in [0.1, 0.15) is 39.5 Å². The van der Waals surface area contributed by atoms with Gasteiger partial charge in [0.15, 0.2) is 0 Å². The van der Waals surface area contributed by atoms with Gasteiger partial charge in [-0.05, 0) is 37.8 Å². The van der Waals surface area contributed by atoms with Gasteiger partial charge in [0.05, 0.1) is 0 Å². The molecule has 3 heteroatoms. The first-order chi connectivity index (χ1) is 8.17. The molecule has 0 bridgehead atoms. The minimum atomic E-state index is 0.316. The van der Waals surface area contributed by atoms with Crippen molar-refractivity contribution in [1.82, 2.24) is 9.80 Å². The van der Waals surface area contributed by atoms with Crippen LogP contribution in [0.2, 0.25) is 0 Å². The summed E-state index contributed by atoms with van der Waals surface area (Å²) in [5, 5.41) is 0. The third kappa shape index (κ3) is 3.21. The lowest BCUT2D eigenvalue weighted by molar-refractivity contribution is 0.0293. The fourth-order valence-corrected chi connectivity index (χ4v) is 3.22. The molecule has 100 valence electrons. The monoisotopic (exact) mass is 239 g/mol. The lowest BCUT2D eigenvalue weighted by Gasteiger charge is -2.46. The van der Waals surface area contributed by atoms with Gasteiger partial charge in [0, 0.05) is 32.2 Å². The molecule has 2 N–H and O–H groups in total. The van der Waals surface area contributed by atoms with E-state index < -0.39 is 0 Å². The fourth-order valence-electron chi connectivity index (χ4n) is 3.22. The molecule has 2 fully saturated rings. The molecular weight excluding hydrogens is 210 g/mol. The number of piperidine rings is 1. The summed E-state index contributed by atoms with van der Waals surface area (Å²) in [6, 6.07) is 0.830. The van der Waals surface area contributed by atoms with Crippen LogP contribution in [0.3, 0.4) is 0 Å². The third-order valence-corrected chi connectivity index (χ3v) is 4.87. The first kappa shape index (κ1) is 13.3. The lowest BCUT2D eigenvalue weighted by atomic mass is 9.86. The second-order valence-electron chi connectivity index (χ2n) is 6.29. The smallest absolute Gasteiger partial charge is 0.0223 e. The van der Waals surface area contributed by atoms with Gasteiger partial charge in [-0.25, -0.2) is 0 Å². The Kier molecular flexibility index (Phi) is 4.45. The highest BCUT2D eigenvalue weighted by molar-refractivity contribution is 4.88. The Balaban J connectivity index is 1.87. The zero-order chi connectivity index (χ0) is 12.3. The summed E-state index contributed by atoms with van der Waals surface area (Å²) in [5.74, 6) is 0. The van der Waals surface area contributed by atoms with Crippen LogP contribution < -0.4 is 5.73 Å². The van der Waals surface area contributed by atoms with E-state index in [1.54, 1.807) is 0 Å². The molecule has 2 saturated heterocycles. The maximum Gasteiger partial charge on any atom is 0.0223 e. The molecule has 2 aliphatic rings. The second kappa shape index (κ2) is 5.68. The number of nitrogens with zero attached hydrogens (tertiary/aromatic N) is 2. The van der Waals surface area contributed by atoms with Gasteiger partial charge in [0.1, 0.15) is 0 Å². The molecule has 0 saturated carbocycles. The van der Waals surface area contributed by atoms with Crippen LogP contribution in [-0.4, -0.2) is 55.1 Å². The second-order valence-corrected chi connectivity index (χ2v) is 6.29. The first-order valence-electron chi connectivity index (χ1n) is 7.33. The Morgan fingerprint density at radius 1 is 1.24 bits per heavy atom. The van der Waals surface area contributed by atoms with Gasteiger partial charge in [-0.2, -0.15) is 0 Å². The van der Waals surface area contributed by atoms with E-state index in [1.807, 2.05) is 0 Å². The van der Waals surface area contributed by atoms with Gasteiger partial charge in [-0.3, -0.25) is 9.80 Å². The van der Waals surface area contributed by atoms with Crippen LogP contribution in [-0.2, 0) is 0 Å². The van der Waals surface area contributed by atoms with Crippen LogP contribution in [0, 0.1) is 5.41 Å². The van der Waals surface area contributed by atoms with Crippen molar-refractivity contribution in [2.45, 2.75) is 45.6 Å². The maximum atomic E-state index is 5.93. The normalized spacial score (nSPS) is 30.9. The van der Waals surface area contributed by atoms with Crippen molar-refractivity contribution in [3.8, 4) is 0 Å². The predicted octanol–water partition coefficient (Wildman–Crippen LogP) is 1.53. The van der Waals surface area contributed by atoms with Crippen LogP contribution in [0.4, 0.5) is 0 Å². The van der Waals surface area contributed by atoms with Gasteiger partial charge < -0.3 is 5.73 Å². The highest BCUT2D eigenvalue weighted by atomic mass is 15.3. The Morgan fingerprint density at radius 2 is 2.06 bits per heavy atom. The summed E-state index contributed by atoms with van der Waals surface area (Å²) in [6.07, 6.45) is 5.43. The number of nitrogens with two attached hydrogens (primary N) is 1. The summed E-state index contributed by atoms with van der Waals surface area (Å²) >= 11 is 0. The Hall–Kier alpha value is -0.120. The van der Waals surface area contributed by atoms with Gasteiger partial charge in [0.2, 0.25) is 0 Å². The van der Waals surface area contributed by atoms with Gasteiger partial charge >= 0.3 is 0 Å². The van der Waals surface area contributed by atoms with E-state index in [0.717, 1.165) is 12.6 Å². The molecule has 2 aliphatic heterocycles. The Labute approximate surface area is 106 Å². The van der Waals surface area contributed by atoms with Crippen molar-refractivity contribution in [1.29, 1.82) is 0 Å². The van der Waals surface area contributed by atoms with Crippen molar-refractivity contribution in [2.75, 3.05) is 39.3 Å². The molecule has 0 radical (unpaired) electrons. The minimum absolute atomic E-state index is 0.316. The van der Waals surface area contributed by atoms with Crippen LogP contribution >= 0.6 is 0 Å². The molecule has 17 heavy (non-hydrogen) atoms. The highest BCUT2D eigenvalue weighted by Crippen LogP contribution is 2.25. The third-order valence-electron chi connectivity index (χ3n) is 4.87. The molecule has 0 amide bonds. The molecule has 2 atom stereocenters. The zero-order valence-corrected chi connectivity index (χ0v) is 11.6. The van der Waals surface area contributed by atoms with Gasteiger partial charge in [0.25, 0.3) is 0 Å². The van der Waals surface area contributed by atoms with Crippen LogP contribution in [0.15, 0.2) is 0 Å². The standard InChI is InChI=1S/C14H29N3/c1-3-14(2,11-15)12-16-8-9-17-7-5-4-6-13(17)10-16/h13H,3-12,15H2,1-2H3. The number of piperazine rings is 1. The summed E-state index contributed by atoms with van der Waals surface area (Å²) in [4.78, 5) is 5.36. The van der Waals surface area contributed by atoms with Crippen molar-refractivity contribution in [3.05, 3.63) is 0 Å². The number of hydrogen-bond donors (Lipinski definition) is 1. The summed E-state index contributed by atoms with van der Waals surface area (Å²) in [5.41, 5.74) is 6.25. The quantitative estimate of drug-likeness (QED) is 0.807. The number of hydrogen-bond acceptors (Lipinski definition) is 3. The average molecular weight is 239 g/mol.